The fourth-order valence-electron chi connectivity index (χ4n) is 3.42. The number of carbonyl (C=O) groups is 1. The minimum absolute atomic E-state index is 0.182. The molecule has 0 bridgehead atoms. The van der Waals surface area contributed by atoms with Crippen LogP contribution in [0.15, 0.2) is 27.9 Å². The lowest BCUT2D eigenvalue weighted by molar-refractivity contribution is 0.171. The summed E-state index contributed by atoms with van der Waals surface area (Å²) in [6.45, 7) is 7.24. The molecule has 8 nitrogen and oxygen atoms in total. The lowest BCUT2D eigenvalue weighted by atomic mass is 9.86. The van der Waals surface area contributed by atoms with E-state index in [1.165, 1.54) is 6.26 Å². The van der Waals surface area contributed by atoms with Crippen molar-refractivity contribution in [3.63, 3.8) is 0 Å². The molecule has 1 aliphatic heterocycles. The first-order valence-electron chi connectivity index (χ1n) is 8.68. The zero-order chi connectivity index (χ0) is 18.9. The largest absolute Gasteiger partial charge is 0.610 e. The molecule has 2 aromatic heterocycles. The first-order chi connectivity index (χ1) is 12.3. The van der Waals surface area contributed by atoms with E-state index in [0.29, 0.717) is 18.9 Å². The number of amides is 2. The number of likely N-dealkylation sites (tertiary alicyclic amines) is 1. The van der Waals surface area contributed by atoms with Crippen molar-refractivity contribution in [1.82, 2.24) is 19.8 Å². The third-order valence-electron chi connectivity index (χ3n) is 5.06. The summed E-state index contributed by atoms with van der Waals surface area (Å²) in [5.41, 5.74) is 0.867. The Morgan fingerprint density at radius 1 is 1.42 bits per heavy atom. The molecule has 1 N–H and O–H groups in total. The summed E-state index contributed by atoms with van der Waals surface area (Å²) in [5.74, 6) is 0.666. The summed E-state index contributed by atoms with van der Waals surface area (Å²) in [6.07, 6.45) is 3.03. The monoisotopic (exact) mass is 379 g/mol. The van der Waals surface area contributed by atoms with Crippen molar-refractivity contribution < 1.29 is 13.9 Å². The summed E-state index contributed by atoms with van der Waals surface area (Å²) in [6, 6.07) is 3.31. The third-order valence-corrected chi connectivity index (χ3v) is 7.12. The van der Waals surface area contributed by atoms with Crippen molar-refractivity contribution in [1.29, 1.82) is 0 Å². The molecule has 2 amide bonds. The predicted molar refractivity (Wildman–Crippen MR) is 98.3 cm³/mol. The second-order valence-electron chi connectivity index (χ2n) is 7.20. The van der Waals surface area contributed by atoms with E-state index in [9.17, 15) is 9.35 Å². The van der Waals surface area contributed by atoms with Crippen molar-refractivity contribution >= 4 is 23.0 Å². The minimum atomic E-state index is -1.17. The van der Waals surface area contributed by atoms with E-state index >= 15 is 0 Å². The summed E-state index contributed by atoms with van der Waals surface area (Å²) >= 11 is -1.17. The van der Waals surface area contributed by atoms with Crippen LogP contribution >= 0.6 is 0 Å². The van der Waals surface area contributed by atoms with Crippen LogP contribution in [0.4, 0.5) is 10.6 Å². The van der Waals surface area contributed by atoms with E-state index in [-0.39, 0.29) is 11.9 Å². The molecular weight excluding hydrogens is 354 g/mol. The van der Waals surface area contributed by atoms with Crippen molar-refractivity contribution in [3.05, 3.63) is 24.1 Å². The number of aryl methyl sites for hydroxylation is 2. The van der Waals surface area contributed by atoms with Crippen LogP contribution in [-0.4, -0.2) is 48.3 Å². The molecule has 3 heterocycles. The number of rotatable bonds is 4. The van der Waals surface area contributed by atoms with Gasteiger partial charge in [0.15, 0.2) is 5.82 Å². The standard InChI is InChI=1S/C17H25N5O3S/c1-12-11-15(21(4)19-12)26(24)17(2,3)13-5-8-22(9-6-13)16(23)18-14-7-10-25-20-14/h7,10-11,13H,5-6,8-9H2,1-4H3,(H,18,20,23). The molecule has 142 valence electrons. The molecule has 0 spiro atoms. The molecule has 26 heavy (non-hydrogen) atoms. The van der Waals surface area contributed by atoms with Gasteiger partial charge in [0.05, 0.1) is 5.69 Å². The number of carbonyl (C=O) groups excluding carboxylic acids is 1. The molecule has 0 saturated carbocycles. The Labute approximate surface area is 156 Å². The van der Waals surface area contributed by atoms with E-state index in [1.807, 2.05) is 33.9 Å². The van der Waals surface area contributed by atoms with Crippen LogP contribution in [0.5, 0.6) is 0 Å². The number of hydrogen-bond acceptors (Lipinski definition) is 5. The number of nitrogens with zero attached hydrogens (tertiary/aromatic N) is 4. The first-order valence-corrected chi connectivity index (χ1v) is 9.83. The van der Waals surface area contributed by atoms with E-state index < -0.39 is 15.9 Å². The molecule has 9 heteroatoms. The highest BCUT2D eigenvalue weighted by atomic mass is 32.2. The Kier molecular flexibility index (Phi) is 5.29. The molecule has 0 radical (unpaired) electrons. The Bertz CT molecular complexity index is 751. The molecule has 1 atom stereocenters. The summed E-state index contributed by atoms with van der Waals surface area (Å²) in [5, 5.41) is 11.5. The molecule has 1 aliphatic rings. The van der Waals surface area contributed by atoms with Crippen molar-refractivity contribution in [2.45, 2.75) is 43.4 Å². The van der Waals surface area contributed by atoms with Gasteiger partial charge in [0.25, 0.3) is 0 Å². The number of aromatic nitrogens is 3. The Balaban J connectivity index is 1.61. The van der Waals surface area contributed by atoms with Crippen LogP contribution < -0.4 is 5.32 Å². The van der Waals surface area contributed by atoms with Gasteiger partial charge in [0, 0.05) is 49.4 Å². The predicted octanol–water partition coefficient (Wildman–Crippen LogP) is 2.55. The van der Waals surface area contributed by atoms with Crippen molar-refractivity contribution in [2.24, 2.45) is 13.0 Å². The van der Waals surface area contributed by atoms with E-state index in [2.05, 4.69) is 15.6 Å². The smallest absolute Gasteiger partial charge is 0.323 e. The van der Waals surface area contributed by atoms with E-state index in [0.717, 1.165) is 23.6 Å². The zero-order valence-electron chi connectivity index (χ0n) is 15.6. The van der Waals surface area contributed by atoms with Gasteiger partial charge in [0.2, 0.25) is 5.03 Å². The maximum Gasteiger partial charge on any atom is 0.323 e. The minimum Gasteiger partial charge on any atom is -0.610 e. The maximum absolute atomic E-state index is 13.2. The molecule has 3 rings (SSSR count). The van der Waals surface area contributed by atoms with Gasteiger partial charge in [-0.15, -0.1) is 0 Å². The van der Waals surface area contributed by atoms with Crippen LogP contribution in [0.25, 0.3) is 0 Å². The molecule has 0 aromatic carbocycles. The maximum atomic E-state index is 13.2. The second-order valence-corrected chi connectivity index (χ2v) is 9.20. The van der Waals surface area contributed by atoms with Crippen molar-refractivity contribution in [3.8, 4) is 0 Å². The van der Waals surface area contributed by atoms with Crippen LogP contribution in [0.2, 0.25) is 0 Å². The molecule has 1 saturated heterocycles. The van der Waals surface area contributed by atoms with Gasteiger partial charge in [0.1, 0.15) is 11.0 Å². The van der Waals surface area contributed by atoms with E-state index in [4.69, 9.17) is 4.52 Å². The summed E-state index contributed by atoms with van der Waals surface area (Å²) in [7, 11) is 1.83. The van der Waals surface area contributed by atoms with Gasteiger partial charge in [-0.25, -0.2) is 9.48 Å². The third kappa shape index (κ3) is 3.73. The zero-order valence-corrected chi connectivity index (χ0v) is 16.4. The van der Waals surface area contributed by atoms with Gasteiger partial charge in [-0.1, -0.05) is 5.16 Å². The molecule has 2 aromatic rings. The Morgan fingerprint density at radius 3 is 2.65 bits per heavy atom. The number of piperidine rings is 1. The topological polar surface area (TPSA) is 99.2 Å². The van der Waals surface area contributed by atoms with Gasteiger partial charge < -0.3 is 14.0 Å². The number of urea groups is 1. The Morgan fingerprint density at radius 2 is 2.12 bits per heavy atom. The van der Waals surface area contributed by atoms with Crippen molar-refractivity contribution in [2.75, 3.05) is 18.4 Å². The number of anilines is 1. The first kappa shape index (κ1) is 18.8. The average Bonchev–Trinajstić information content (AvgIpc) is 3.23. The summed E-state index contributed by atoms with van der Waals surface area (Å²) in [4.78, 5) is 14.0. The van der Waals surface area contributed by atoms with Gasteiger partial charge in [-0.05, 0) is 33.6 Å². The van der Waals surface area contributed by atoms with Gasteiger partial charge >= 0.3 is 6.03 Å². The number of hydrogen-bond donors (Lipinski definition) is 1. The van der Waals surface area contributed by atoms with Gasteiger partial charge in [-0.2, -0.15) is 5.10 Å². The molecule has 0 aliphatic carbocycles. The number of nitrogens with one attached hydrogen (secondary N) is 1. The Hall–Kier alpha value is -2.00. The highest BCUT2D eigenvalue weighted by molar-refractivity contribution is 7.92. The molecule has 1 unspecified atom stereocenters. The SMILES string of the molecule is Cc1cc([S+]([O-])C(C)(C)C2CCN(C(=O)Nc3ccon3)CC2)n(C)n1. The lowest BCUT2D eigenvalue weighted by Crippen LogP contribution is -2.48. The lowest BCUT2D eigenvalue weighted by Gasteiger charge is -2.40. The highest BCUT2D eigenvalue weighted by Crippen LogP contribution is 2.38. The average molecular weight is 379 g/mol. The molecular formula is C17H25N5O3S. The van der Waals surface area contributed by atoms with Gasteiger partial charge in [-0.3, -0.25) is 5.32 Å². The van der Waals surface area contributed by atoms with Crippen LogP contribution in [-0.2, 0) is 18.2 Å². The highest BCUT2D eigenvalue weighted by Gasteiger charge is 2.44. The second kappa shape index (κ2) is 7.32. The fraction of sp³-hybridized carbons (Fsp3) is 0.588. The van der Waals surface area contributed by atoms with Crippen LogP contribution in [0.1, 0.15) is 32.4 Å². The normalized spacial score (nSPS) is 17.3. The van der Waals surface area contributed by atoms with Crippen LogP contribution in [0.3, 0.4) is 0 Å². The van der Waals surface area contributed by atoms with E-state index in [1.54, 1.807) is 15.6 Å². The fourth-order valence-corrected chi connectivity index (χ4v) is 5.06. The quantitative estimate of drug-likeness (QED) is 0.823. The molecule has 1 fully saturated rings. The van der Waals surface area contributed by atoms with Crippen LogP contribution in [0, 0.1) is 12.8 Å². The summed E-state index contributed by atoms with van der Waals surface area (Å²) < 4.78 is 19.2.